The summed E-state index contributed by atoms with van der Waals surface area (Å²) in [5, 5.41) is 4.87. The van der Waals surface area contributed by atoms with Crippen LogP contribution in [0.4, 0.5) is 5.82 Å². The van der Waals surface area contributed by atoms with Crippen molar-refractivity contribution in [1.82, 2.24) is 24.1 Å². The third-order valence-corrected chi connectivity index (χ3v) is 6.77. The number of aryl methyl sites for hydroxylation is 1. The summed E-state index contributed by atoms with van der Waals surface area (Å²) in [5.74, 6) is 1.43. The highest BCUT2D eigenvalue weighted by molar-refractivity contribution is 7.89. The van der Waals surface area contributed by atoms with Gasteiger partial charge in [0.05, 0.1) is 10.6 Å². The van der Waals surface area contributed by atoms with Crippen LogP contribution in [0.3, 0.4) is 0 Å². The third-order valence-electron chi connectivity index (χ3n) is 4.61. The Morgan fingerprint density at radius 3 is 2.29 bits per heavy atom. The first-order valence-electron chi connectivity index (χ1n) is 8.79. The molecule has 0 unspecified atom stereocenters. The lowest BCUT2D eigenvalue weighted by atomic mass is 10.3. The van der Waals surface area contributed by atoms with Gasteiger partial charge >= 0.3 is 0 Å². The van der Waals surface area contributed by atoms with Crippen LogP contribution in [0.1, 0.15) is 5.69 Å². The van der Waals surface area contributed by atoms with Crippen LogP contribution in [-0.4, -0.2) is 58.7 Å². The maximum absolute atomic E-state index is 12.8. The molecule has 0 atom stereocenters. The number of aromatic nitrogens is 4. The summed E-state index contributed by atoms with van der Waals surface area (Å²) in [4.78, 5) is 10.9. The van der Waals surface area contributed by atoms with Gasteiger partial charge in [-0.1, -0.05) is 11.6 Å². The molecule has 1 aliphatic rings. The maximum Gasteiger partial charge on any atom is 0.243 e. The number of sulfonamides is 1. The minimum atomic E-state index is -3.53. The van der Waals surface area contributed by atoms with Gasteiger partial charge in [-0.2, -0.15) is 9.40 Å². The highest BCUT2D eigenvalue weighted by Crippen LogP contribution is 2.22. The first-order chi connectivity index (χ1) is 13.4. The fourth-order valence-corrected chi connectivity index (χ4v) is 4.64. The van der Waals surface area contributed by atoms with E-state index in [1.54, 1.807) is 16.8 Å². The van der Waals surface area contributed by atoms with Gasteiger partial charge in [0, 0.05) is 43.5 Å². The molecule has 0 spiro atoms. The Balaban J connectivity index is 1.48. The highest BCUT2D eigenvalue weighted by Gasteiger charge is 2.29. The number of nitrogens with zero attached hydrogens (tertiary/aromatic N) is 6. The minimum Gasteiger partial charge on any atom is -0.354 e. The summed E-state index contributed by atoms with van der Waals surface area (Å²) in [7, 11) is -3.53. The molecule has 0 radical (unpaired) electrons. The van der Waals surface area contributed by atoms with Gasteiger partial charge in [0.25, 0.3) is 0 Å². The van der Waals surface area contributed by atoms with Crippen molar-refractivity contribution in [1.29, 1.82) is 0 Å². The number of rotatable bonds is 4. The number of hydrogen-bond donors (Lipinski definition) is 0. The molecule has 1 saturated heterocycles. The van der Waals surface area contributed by atoms with Crippen molar-refractivity contribution in [2.75, 3.05) is 31.1 Å². The van der Waals surface area contributed by atoms with E-state index in [-0.39, 0.29) is 4.90 Å². The molecule has 2 aromatic heterocycles. The molecule has 10 heteroatoms. The fourth-order valence-electron chi connectivity index (χ4n) is 3.09. The molecule has 8 nitrogen and oxygen atoms in total. The average molecular weight is 419 g/mol. The fraction of sp³-hybridized carbons (Fsp3) is 0.278. The number of benzene rings is 1. The topological polar surface area (TPSA) is 84.2 Å². The highest BCUT2D eigenvalue weighted by atomic mass is 35.5. The number of piperazine rings is 1. The molecule has 0 bridgehead atoms. The number of hydrogen-bond acceptors (Lipinski definition) is 6. The van der Waals surface area contributed by atoms with Crippen LogP contribution in [0.2, 0.25) is 5.02 Å². The molecular weight excluding hydrogens is 400 g/mol. The molecule has 0 aliphatic carbocycles. The van der Waals surface area contributed by atoms with Crippen LogP contribution in [0, 0.1) is 6.92 Å². The molecule has 3 heterocycles. The van der Waals surface area contributed by atoms with Crippen molar-refractivity contribution < 1.29 is 8.42 Å². The summed E-state index contributed by atoms with van der Waals surface area (Å²) in [6.45, 7) is 3.76. The van der Waals surface area contributed by atoms with Gasteiger partial charge < -0.3 is 4.90 Å². The zero-order chi connectivity index (χ0) is 19.7. The van der Waals surface area contributed by atoms with Crippen molar-refractivity contribution in [3.8, 4) is 5.82 Å². The maximum atomic E-state index is 12.8. The van der Waals surface area contributed by atoms with Crippen molar-refractivity contribution in [2.24, 2.45) is 0 Å². The quantitative estimate of drug-likeness (QED) is 0.645. The first kappa shape index (κ1) is 18.9. The van der Waals surface area contributed by atoms with E-state index < -0.39 is 10.0 Å². The molecule has 4 rings (SSSR count). The molecule has 1 aromatic carbocycles. The van der Waals surface area contributed by atoms with Gasteiger partial charge in [-0.25, -0.2) is 23.1 Å². The van der Waals surface area contributed by atoms with E-state index in [1.165, 1.54) is 22.8 Å². The van der Waals surface area contributed by atoms with Gasteiger partial charge in [0.2, 0.25) is 10.0 Å². The predicted molar refractivity (Wildman–Crippen MR) is 106 cm³/mol. The van der Waals surface area contributed by atoms with Crippen LogP contribution < -0.4 is 4.90 Å². The minimum absolute atomic E-state index is 0.253. The second-order valence-corrected chi connectivity index (χ2v) is 8.86. The summed E-state index contributed by atoms with van der Waals surface area (Å²) < 4.78 is 28.8. The molecule has 28 heavy (non-hydrogen) atoms. The van der Waals surface area contributed by atoms with Gasteiger partial charge in [-0.3, -0.25) is 0 Å². The van der Waals surface area contributed by atoms with Crippen molar-refractivity contribution in [3.63, 3.8) is 0 Å². The van der Waals surface area contributed by atoms with E-state index in [0.29, 0.717) is 37.0 Å². The Morgan fingerprint density at radius 2 is 1.64 bits per heavy atom. The molecule has 3 aromatic rings. The Labute approximate surface area is 168 Å². The lowest BCUT2D eigenvalue weighted by Crippen LogP contribution is -2.48. The van der Waals surface area contributed by atoms with Gasteiger partial charge in [0.15, 0.2) is 5.82 Å². The van der Waals surface area contributed by atoms with E-state index in [2.05, 4.69) is 20.0 Å². The van der Waals surface area contributed by atoms with Crippen molar-refractivity contribution in [2.45, 2.75) is 11.8 Å². The van der Waals surface area contributed by atoms with Crippen LogP contribution in [0.15, 0.2) is 53.8 Å². The molecule has 1 aliphatic heterocycles. The molecule has 0 saturated carbocycles. The second-order valence-electron chi connectivity index (χ2n) is 6.48. The Kier molecular flexibility index (Phi) is 5.05. The van der Waals surface area contributed by atoms with Crippen LogP contribution in [0.25, 0.3) is 5.82 Å². The van der Waals surface area contributed by atoms with E-state index in [1.807, 2.05) is 25.3 Å². The van der Waals surface area contributed by atoms with E-state index in [4.69, 9.17) is 11.6 Å². The molecule has 1 fully saturated rings. The third kappa shape index (κ3) is 3.73. The standard InChI is InChI=1S/C18H19ClN6O2S/c1-14-6-7-25(22-14)18-12-17(20-13-21-18)23-8-10-24(11-9-23)28(26,27)16-4-2-15(19)3-5-16/h2-7,12-13H,8-11H2,1H3. The van der Waals surface area contributed by atoms with Crippen LogP contribution >= 0.6 is 11.6 Å². The normalized spacial score (nSPS) is 15.7. The lowest BCUT2D eigenvalue weighted by Gasteiger charge is -2.34. The van der Waals surface area contributed by atoms with E-state index in [9.17, 15) is 8.42 Å². The monoisotopic (exact) mass is 418 g/mol. The summed E-state index contributed by atoms with van der Waals surface area (Å²) in [5.41, 5.74) is 0.904. The SMILES string of the molecule is Cc1ccn(-c2cc(N3CCN(S(=O)(=O)c4ccc(Cl)cc4)CC3)ncn2)n1. The molecule has 0 amide bonds. The zero-order valence-electron chi connectivity index (χ0n) is 15.2. The molecule has 146 valence electrons. The Morgan fingerprint density at radius 1 is 0.964 bits per heavy atom. The largest absolute Gasteiger partial charge is 0.354 e. The Bertz CT molecular complexity index is 1080. The second kappa shape index (κ2) is 7.50. The summed E-state index contributed by atoms with van der Waals surface area (Å²) in [6.07, 6.45) is 3.34. The zero-order valence-corrected chi connectivity index (χ0v) is 16.8. The Hall–Kier alpha value is -2.49. The smallest absolute Gasteiger partial charge is 0.243 e. The van der Waals surface area contributed by atoms with Crippen LogP contribution in [-0.2, 0) is 10.0 Å². The summed E-state index contributed by atoms with van der Waals surface area (Å²) in [6, 6.07) is 10.0. The number of halogens is 1. The van der Waals surface area contributed by atoms with E-state index in [0.717, 1.165) is 11.5 Å². The van der Waals surface area contributed by atoms with Crippen molar-refractivity contribution in [3.05, 3.63) is 59.6 Å². The first-order valence-corrected chi connectivity index (χ1v) is 10.6. The lowest BCUT2D eigenvalue weighted by molar-refractivity contribution is 0.383. The van der Waals surface area contributed by atoms with Crippen LogP contribution in [0.5, 0.6) is 0 Å². The van der Waals surface area contributed by atoms with Gasteiger partial charge in [-0.15, -0.1) is 0 Å². The molecular formula is C18H19ClN6O2S. The molecule has 0 N–H and O–H groups in total. The number of anilines is 1. The predicted octanol–water partition coefficient (Wildman–Crippen LogP) is 2.14. The van der Waals surface area contributed by atoms with Gasteiger partial charge in [0.1, 0.15) is 12.1 Å². The summed E-state index contributed by atoms with van der Waals surface area (Å²) >= 11 is 5.86. The van der Waals surface area contributed by atoms with Gasteiger partial charge in [-0.05, 0) is 37.3 Å². The average Bonchev–Trinajstić information content (AvgIpc) is 3.15. The van der Waals surface area contributed by atoms with E-state index >= 15 is 0 Å². The van der Waals surface area contributed by atoms with Crippen molar-refractivity contribution >= 4 is 27.4 Å².